The smallest absolute Gasteiger partial charge is 0.325 e. The number of rotatable bonds is 3. The van der Waals surface area contributed by atoms with Gasteiger partial charge in [0.15, 0.2) is 0 Å². The topological polar surface area (TPSA) is 40.5 Å². The largest absolute Gasteiger partial charge is 0.480 e. The van der Waals surface area contributed by atoms with E-state index in [0.29, 0.717) is 10.0 Å². The number of aliphatic carboxylic acids is 1. The van der Waals surface area contributed by atoms with E-state index in [1.165, 1.54) is 17.0 Å². The fourth-order valence-corrected chi connectivity index (χ4v) is 1.59. The zero-order chi connectivity index (χ0) is 11.6. The first-order chi connectivity index (χ1) is 6.93. The summed E-state index contributed by atoms with van der Waals surface area (Å²) in [6.45, 7) is 0. The minimum atomic E-state index is -0.998. The molecule has 0 spiro atoms. The predicted octanol–water partition coefficient (Wildman–Crippen LogP) is 2.28. The highest BCUT2D eigenvalue weighted by Gasteiger charge is 2.22. The van der Waals surface area contributed by atoms with Crippen LogP contribution in [0.25, 0.3) is 0 Å². The Labute approximate surface area is 95.6 Å². The number of carboxylic acid groups (broad SMARTS) is 1. The lowest BCUT2D eigenvalue weighted by atomic mass is 10.1. The van der Waals surface area contributed by atoms with Gasteiger partial charge in [0.05, 0.1) is 4.47 Å². The number of carbonyl (C=O) groups is 1. The van der Waals surface area contributed by atoms with Crippen molar-refractivity contribution >= 4 is 21.9 Å². The van der Waals surface area contributed by atoms with Crippen molar-refractivity contribution in [3.63, 3.8) is 0 Å². The molecule has 0 aliphatic heterocycles. The molecule has 82 valence electrons. The normalized spacial score (nSPS) is 12.9. The van der Waals surface area contributed by atoms with Gasteiger partial charge in [0.2, 0.25) is 0 Å². The predicted molar refractivity (Wildman–Crippen MR) is 58.2 cm³/mol. The van der Waals surface area contributed by atoms with Gasteiger partial charge in [-0.15, -0.1) is 0 Å². The number of likely N-dealkylation sites (N-methyl/N-ethyl adjacent to an activating group) is 1. The van der Waals surface area contributed by atoms with Crippen LogP contribution in [0.4, 0.5) is 4.39 Å². The number of hydrogen-bond acceptors (Lipinski definition) is 2. The number of halogens is 2. The molecule has 0 fully saturated rings. The van der Waals surface area contributed by atoms with Crippen LogP contribution in [0, 0.1) is 5.82 Å². The fourth-order valence-electron chi connectivity index (χ4n) is 1.34. The van der Waals surface area contributed by atoms with Crippen molar-refractivity contribution in [3.05, 3.63) is 34.1 Å². The van der Waals surface area contributed by atoms with Crippen molar-refractivity contribution in [2.45, 2.75) is 6.04 Å². The highest BCUT2D eigenvalue weighted by Crippen LogP contribution is 2.23. The van der Waals surface area contributed by atoms with Crippen LogP contribution >= 0.6 is 15.9 Å². The molecule has 1 unspecified atom stereocenters. The molecule has 0 aliphatic rings. The Morgan fingerprint density at radius 3 is 2.53 bits per heavy atom. The van der Waals surface area contributed by atoms with Gasteiger partial charge in [-0.25, -0.2) is 4.39 Å². The third kappa shape index (κ3) is 2.76. The van der Waals surface area contributed by atoms with E-state index in [1.807, 2.05) is 0 Å². The molecule has 0 radical (unpaired) electrons. The summed E-state index contributed by atoms with van der Waals surface area (Å²) in [5.74, 6) is -1.46. The lowest BCUT2D eigenvalue weighted by Crippen LogP contribution is -2.27. The molecule has 1 N–H and O–H groups in total. The Morgan fingerprint density at radius 2 is 2.13 bits per heavy atom. The van der Waals surface area contributed by atoms with E-state index < -0.39 is 17.8 Å². The van der Waals surface area contributed by atoms with Crippen molar-refractivity contribution in [2.75, 3.05) is 14.1 Å². The second-order valence-electron chi connectivity index (χ2n) is 3.38. The monoisotopic (exact) mass is 275 g/mol. The minimum absolute atomic E-state index is 0.328. The molecule has 3 nitrogen and oxygen atoms in total. The first-order valence-electron chi connectivity index (χ1n) is 4.27. The standard InChI is InChI=1S/C10H11BrFNO2/c1-13(2)9(10(14)15)6-3-4-7(11)8(12)5-6/h3-5,9H,1-2H3,(H,14,15). The van der Waals surface area contributed by atoms with Crippen molar-refractivity contribution in [3.8, 4) is 0 Å². The Balaban J connectivity index is 3.12. The van der Waals surface area contributed by atoms with Crippen molar-refractivity contribution in [1.29, 1.82) is 0 Å². The molecule has 1 aromatic rings. The van der Waals surface area contributed by atoms with Crippen molar-refractivity contribution < 1.29 is 14.3 Å². The summed E-state index contributed by atoms with van der Waals surface area (Å²) in [6.07, 6.45) is 0. The van der Waals surface area contributed by atoms with E-state index >= 15 is 0 Å². The lowest BCUT2D eigenvalue weighted by Gasteiger charge is -2.20. The van der Waals surface area contributed by atoms with Gasteiger partial charge in [0, 0.05) is 0 Å². The third-order valence-electron chi connectivity index (χ3n) is 2.01. The number of nitrogens with zero attached hydrogens (tertiary/aromatic N) is 1. The van der Waals surface area contributed by atoms with E-state index in [-0.39, 0.29) is 0 Å². The Bertz CT molecular complexity index is 382. The highest BCUT2D eigenvalue weighted by atomic mass is 79.9. The Hall–Kier alpha value is -0.940. The Morgan fingerprint density at radius 1 is 1.53 bits per heavy atom. The molecule has 0 bridgehead atoms. The van der Waals surface area contributed by atoms with Crippen LogP contribution in [0.3, 0.4) is 0 Å². The molecule has 0 amide bonds. The first-order valence-corrected chi connectivity index (χ1v) is 5.07. The summed E-state index contributed by atoms with van der Waals surface area (Å²) < 4.78 is 13.5. The molecule has 5 heteroatoms. The van der Waals surface area contributed by atoms with Crippen LogP contribution in [0.5, 0.6) is 0 Å². The van der Waals surface area contributed by atoms with Crippen LogP contribution in [0.2, 0.25) is 0 Å². The molecule has 0 saturated heterocycles. The van der Waals surface area contributed by atoms with E-state index in [1.54, 1.807) is 20.2 Å². The van der Waals surface area contributed by atoms with Crippen molar-refractivity contribution in [1.82, 2.24) is 4.90 Å². The first kappa shape index (κ1) is 12.1. The van der Waals surface area contributed by atoms with E-state index in [9.17, 15) is 9.18 Å². The second-order valence-corrected chi connectivity index (χ2v) is 4.23. The summed E-state index contributed by atoms with van der Waals surface area (Å²) >= 11 is 3.02. The zero-order valence-electron chi connectivity index (χ0n) is 8.37. The van der Waals surface area contributed by atoms with Gasteiger partial charge in [-0.1, -0.05) is 6.07 Å². The van der Waals surface area contributed by atoms with Crippen LogP contribution in [0.15, 0.2) is 22.7 Å². The molecule has 0 aliphatic carbocycles. The average molecular weight is 276 g/mol. The highest BCUT2D eigenvalue weighted by molar-refractivity contribution is 9.10. The summed E-state index contributed by atoms with van der Waals surface area (Å²) in [7, 11) is 3.28. The molecule has 0 saturated carbocycles. The maximum Gasteiger partial charge on any atom is 0.325 e. The average Bonchev–Trinajstić information content (AvgIpc) is 2.10. The van der Waals surface area contributed by atoms with Gasteiger partial charge in [-0.2, -0.15) is 0 Å². The second kappa shape index (κ2) is 4.72. The number of hydrogen-bond donors (Lipinski definition) is 1. The van der Waals surface area contributed by atoms with E-state index in [4.69, 9.17) is 5.11 Å². The van der Waals surface area contributed by atoms with E-state index in [0.717, 1.165) is 0 Å². The van der Waals surface area contributed by atoms with Gasteiger partial charge in [-0.05, 0) is 47.7 Å². The van der Waals surface area contributed by atoms with Gasteiger partial charge in [-0.3, -0.25) is 9.69 Å². The van der Waals surface area contributed by atoms with Crippen LogP contribution in [-0.2, 0) is 4.79 Å². The SMILES string of the molecule is CN(C)C(C(=O)O)c1ccc(Br)c(F)c1. The maximum atomic E-state index is 13.2. The number of benzene rings is 1. The van der Waals surface area contributed by atoms with E-state index in [2.05, 4.69) is 15.9 Å². The Kier molecular flexibility index (Phi) is 3.82. The summed E-state index contributed by atoms with van der Waals surface area (Å²) in [5, 5.41) is 8.98. The number of carboxylic acids is 1. The van der Waals surface area contributed by atoms with Gasteiger partial charge in [0.1, 0.15) is 11.9 Å². The molecule has 0 aromatic heterocycles. The summed E-state index contributed by atoms with van der Waals surface area (Å²) in [5.41, 5.74) is 0.424. The molecule has 1 atom stereocenters. The third-order valence-corrected chi connectivity index (χ3v) is 2.65. The molecule has 0 heterocycles. The molecule has 1 rings (SSSR count). The summed E-state index contributed by atoms with van der Waals surface area (Å²) in [6, 6.07) is 3.49. The van der Waals surface area contributed by atoms with Gasteiger partial charge < -0.3 is 5.11 Å². The quantitative estimate of drug-likeness (QED) is 0.920. The van der Waals surface area contributed by atoms with Gasteiger partial charge in [0.25, 0.3) is 0 Å². The molecule has 15 heavy (non-hydrogen) atoms. The fraction of sp³-hybridized carbons (Fsp3) is 0.300. The molecule has 1 aromatic carbocycles. The minimum Gasteiger partial charge on any atom is -0.480 e. The zero-order valence-corrected chi connectivity index (χ0v) is 9.95. The van der Waals surface area contributed by atoms with Crippen LogP contribution < -0.4 is 0 Å². The maximum absolute atomic E-state index is 13.2. The summed E-state index contributed by atoms with van der Waals surface area (Å²) in [4.78, 5) is 12.5. The van der Waals surface area contributed by atoms with Crippen LogP contribution in [0.1, 0.15) is 11.6 Å². The van der Waals surface area contributed by atoms with Crippen LogP contribution in [-0.4, -0.2) is 30.1 Å². The lowest BCUT2D eigenvalue weighted by molar-refractivity contribution is -0.142. The van der Waals surface area contributed by atoms with Crippen molar-refractivity contribution in [2.24, 2.45) is 0 Å². The molecular formula is C10H11BrFNO2. The molecular weight excluding hydrogens is 265 g/mol. The van der Waals surface area contributed by atoms with Gasteiger partial charge >= 0.3 is 5.97 Å².